The molecular weight excluding hydrogens is 400 g/mol. The normalized spacial score (nSPS) is 45.5. The van der Waals surface area contributed by atoms with Gasteiger partial charge in [-0.1, -0.05) is 40.2 Å². The molecule has 0 bridgehead atoms. The second-order valence-electron chi connectivity index (χ2n) is 11.5. The van der Waals surface area contributed by atoms with Crippen molar-refractivity contribution in [3.05, 3.63) is 12.2 Å². The van der Waals surface area contributed by atoms with Gasteiger partial charge >= 0.3 is 0 Å². The predicted molar refractivity (Wildman–Crippen MR) is 130 cm³/mol. The minimum absolute atomic E-state index is 0. The number of nitrogens with one attached hydrogen (secondary N) is 1. The zero-order valence-electron chi connectivity index (χ0n) is 19.6. The van der Waals surface area contributed by atoms with Crippen molar-refractivity contribution in [1.82, 2.24) is 5.32 Å². The van der Waals surface area contributed by atoms with Gasteiger partial charge in [-0.2, -0.15) is 0 Å². The summed E-state index contributed by atoms with van der Waals surface area (Å²) in [5.74, 6) is 2.21. The van der Waals surface area contributed by atoms with Crippen LogP contribution >= 0.6 is 0 Å². The molecule has 9 atom stereocenters. The molecule has 4 aliphatic rings. The van der Waals surface area contributed by atoms with Gasteiger partial charge in [0.15, 0.2) is 0 Å². The molecule has 5 N–H and O–H groups in total. The summed E-state index contributed by atoms with van der Waals surface area (Å²) in [4.78, 5) is 11.5. The van der Waals surface area contributed by atoms with Crippen LogP contribution in [0.15, 0.2) is 12.2 Å². The maximum atomic E-state index is 11.5. The average molecular weight is 449 g/mol. The van der Waals surface area contributed by atoms with Crippen molar-refractivity contribution in [2.45, 2.75) is 104 Å². The SMILES string of the molecule is C.CC12CCC3C(C(O)C(O)C4CCCCC43C)C1CCC2CCC/C=C/C(=O)NCN. The van der Waals surface area contributed by atoms with Crippen LogP contribution in [-0.4, -0.2) is 35.0 Å². The summed E-state index contributed by atoms with van der Waals surface area (Å²) in [7, 11) is 0. The Balaban J connectivity index is 0.00000289. The van der Waals surface area contributed by atoms with E-state index in [1.165, 1.54) is 51.4 Å². The van der Waals surface area contributed by atoms with E-state index in [0.717, 1.165) is 19.3 Å². The fraction of sp³-hybridized carbons (Fsp3) is 0.889. The number of amides is 1. The molecule has 5 heteroatoms. The molecule has 32 heavy (non-hydrogen) atoms. The summed E-state index contributed by atoms with van der Waals surface area (Å²) in [6.07, 6.45) is 15.4. The Hall–Kier alpha value is -0.910. The van der Waals surface area contributed by atoms with Gasteiger partial charge in [-0.05, 0) is 104 Å². The Kier molecular flexibility index (Phi) is 8.15. The zero-order valence-corrected chi connectivity index (χ0v) is 19.6. The van der Waals surface area contributed by atoms with Crippen molar-refractivity contribution in [2.75, 3.05) is 6.67 Å². The van der Waals surface area contributed by atoms with E-state index in [4.69, 9.17) is 5.73 Å². The van der Waals surface area contributed by atoms with Crippen molar-refractivity contribution in [1.29, 1.82) is 0 Å². The van der Waals surface area contributed by atoms with Crippen LogP contribution in [-0.2, 0) is 4.79 Å². The number of allylic oxidation sites excluding steroid dienone is 1. The van der Waals surface area contributed by atoms with Gasteiger partial charge in [0.05, 0.1) is 18.9 Å². The molecule has 0 aliphatic heterocycles. The van der Waals surface area contributed by atoms with E-state index in [0.29, 0.717) is 17.8 Å². The van der Waals surface area contributed by atoms with Gasteiger partial charge in [0.2, 0.25) is 5.91 Å². The molecule has 4 rings (SSSR count). The second-order valence-corrected chi connectivity index (χ2v) is 11.5. The van der Waals surface area contributed by atoms with Gasteiger partial charge in [0, 0.05) is 0 Å². The molecule has 0 radical (unpaired) electrons. The lowest BCUT2D eigenvalue weighted by atomic mass is 9.43. The molecule has 9 unspecified atom stereocenters. The van der Waals surface area contributed by atoms with Gasteiger partial charge in [0.25, 0.3) is 0 Å². The van der Waals surface area contributed by atoms with Gasteiger partial charge in [0.1, 0.15) is 0 Å². The largest absolute Gasteiger partial charge is 0.390 e. The molecule has 4 aliphatic carbocycles. The highest BCUT2D eigenvalue weighted by molar-refractivity contribution is 5.87. The molecule has 0 aromatic carbocycles. The van der Waals surface area contributed by atoms with E-state index in [1.54, 1.807) is 6.08 Å². The van der Waals surface area contributed by atoms with Crippen molar-refractivity contribution in [2.24, 2.45) is 46.2 Å². The number of carbonyl (C=O) groups excluding carboxylic acids is 1. The summed E-state index contributed by atoms with van der Waals surface area (Å²) in [6.45, 7) is 5.09. The summed E-state index contributed by atoms with van der Waals surface area (Å²) in [5.41, 5.74) is 5.81. The first-order valence-electron chi connectivity index (χ1n) is 12.8. The number of unbranched alkanes of at least 4 members (excludes halogenated alkanes) is 1. The smallest absolute Gasteiger partial charge is 0.244 e. The first kappa shape index (κ1) is 25.7. The first-order valence-corrected chi connectivity index (χ1v) is 12.8. The van der Waals surface area contributed by atoms with E-state index in [9.17, 15) is 15.0 Å². The Bertz CT molecular complexity index is 682. The fourth-order valence-corrected chi connectivity index (χ4v) is 8.73. The molecule has 184 valence electrons. The number of hydrogen-bond donors (Lipinski definition) is 4. The van der Waals surface area contributed by atoms with Gasteiger partial charge in [-0.25, -0.2) is 0 Å². The highest BCUT2D eigenvalue weighted by atomic mass is 16.3. The molecular formula is C27H48N2O3. The van der Waals surface area contributed by atoms with E-state index in [1.807, 2.05) is 6.08 Å². The van der Waals surface area contributed by atoms with Crippen LogP contribution in [0.3, 0.4) is 0 Å². The minimum atomic E-state index is -0.548. The fourth-order valence-electron chi connectivity index (χ4n) is 8.73. The Labute approximate surface area is 195 Å². The standard InChI is InChI=1S/C26H44N2O3.CH4/c1-25-15-13-19-22(24(31)23(30)20-9-6-7-14-26(19,20)2)18(25)12-11-17(25)8-4-3-5-10-21(29)28-16-27;/h5,10,17-20,22-24,30-31H,3-4,6-9,11-16,27H2,1-2H3,(H,28,29);1H4/b10-5+;. The van der Waals surface area contributed by atoms with Crippen LogP contribution in [0.2, 0.25) is 0 Å². The van der Waals surface area contributed by atoms with Crippen LogP contribution in [0.25, 0.3) is 0 Å². The van der Waals surface area contributed by atoms with E-state index < -0.39 is 12.2 Å². The second kappa shape index (κ2) is 10.1. The number of rotatable bonds is 6. The minimum Gasteiger partial charge on any atom is -0.390 e. The third-order valence-corrected chi connectivity index (χ3v) is 10.3. The third-order valence-electron chi connectivity index (χ3n) is 10.3. The zero-order chi connectivity index (χ0) is 22.2. The Morgan fingerprint density at radius 3 is 2.50 bits per heavy atom. The summed E-state index contributed by atoms with van der Waals surface area (Å²) < 4.78 is 0. The molecule has 1 amide bonds. The van der Waals surface area contributed by atoms with Gasteiger partial charge in [-0.3, -0.25) is 4.79 Å². The van der Waals surface area contributed by atoms with Gasteiger partial charge < -0.3 is 21.3 Å². The van der Waals surface area contributed by atoms with Crippen LogP contribution < -0.4 is 11.1 Å². The maximum absolute atomic E-state index is 11.5. The molecule has 0 heterocycles. The molecule has 0 spiro atoms. The summed E-state index contributed by atoms with van der Waals surface area (Å²) >= 11 is 0. The molecule has 5 nitrogen and oxygen atoms in total. The molecule has 4 saturated carbocycles. The summed E-state index contributed by atoms with van der Waals surface area (Å²) in [6, 6.07) is 0. The van der Waals surface area contributed by atoms with Gasteiger partial charge in [-0.15, -0.1) is 0 Å². The van der Waals surface area contributed by atoms with Crippen molar-refractivity contribution in [3.8, 4) is 0 Å². The number of nitrogens with two attached hydrogens (primary N) is 1. The maximum Gasteiger partial charge on any atom is 0.244 e. The molecule has 0 aromatic rings. The number of aliphatic hydroxyl groups excluding tert-OH is 2. The van der Waals surface area contributed by atoms with Crippen molar-refractivity contribution < 1.29 is 15.0 Å². The van der Waals surface area contributed by atoms with E-state index in [-0.39, 0.29) is 42.7 Å². The lowest BCUT2D eigenvalue weighted by Crippen LogP contribution is -2.63. The number of fused-ring (bicyclic) bond motifs is 5. The van der Waals surface area contributed by atoms with E-state index >= 15 is 0 Å². The van der Waals surface area contributed by atoms with E-state index in [2.05, 4.69) is 19.2 Å². The topological polar surface area (TPSA) is 95.6 Å². The lowest BCUT2D eigenvalue weighted by Gasteiger charge is -2.63. The highest BCUT2D eigenvalue weighted by Crippen LogP contribution is 2.67. The third kappa shape index (κ3) is 4.30. The van der Waals surface area contributed by atoms with Crippen LogP contribution in [0.5, 0.6) is 0 Å². The quantitative estimate of drug-likeness (QED) is 0.276. The predicted octanol–water partition coefficient (Wildman–Crippen LogP) is 4.37. The monoisotopic (exact) mass is 448 g/mol. The first-order chi connectivity index (χ1) is 14.8. The molecule has 4 fully saturated rings. The van der Waals surface area contributed by atoms with Crippen molar-refractivity contribution in [3.63, 3.8) is 0 Å². The lowest BCUT2D eigenvalue weighted by molar-refractivity contribution is -0.214. The number of carbonyl (C=O) groups is 1. The molecule has 0 saturated heterocycles. The van der Waals surface area contributed by atoms with Crippen molar-refractivity contribution >= 4 is 5.91 Å². The van der Waals surface area contributed by atoms with Crippen LogP contribution in [0.1, 0.15) is 91.9 Å². The van der Waals surface area contributed by atoms with Crippen LogP contribution in [0.4, 0.5) is 0 Å². The molecule has 0 aromatic heterocycles. The number of aliphatic hydroxyl groups is 2. The Morgan fingerprint density at radius 2 is 1.75 bits per heavy atom. The Morgan fingerprint density at radius 1 is 1.00 bits per heavy atom. The summed E-state index contributed by atoms with van der Waals surface area (Å²) in [5, 5.41) is 25.0. The highest BCUT2D eigenvalue weighted by Gasteiger charge is 2.64. The average Bonchev–Trinajstić information content (AvgIpc) is 3.08. The number of hydrogen-bond acceptors (Lipinski definition) is 4. The van der Waals surface area contributed by atoms with Crippen LogP contribution in [0, 0.1) is 40.4 Å².